The fraction of sp³-hybridized carbons (Fsp3) is 0.314. The van der Waals surface area contributed by atoms with Crippen LogP contribution in [0.5, 0.6) is 0 Å². The molecule has 1 saturated carbocycles. The van der Waals surface area contributed by atoms with Crippen LogP contribution < -0.4 is 5.32 Å². The zero-order chi connectivity index (χ0) is 31.1. The highest BCUT2D eigenvalue weighted by Gasteiger charge is 2.34. The molecule has 0 radical (unpaired) electrons. The highest BCUT2D eigenvalue weighted by Crippen LogP contribution is 2.23. The van der Waals surface area contributed by atoms with Crippen molar-refractivity contribution in [1.82, 2.24) is 14.5 Å². The number of nitrogens with one attached hydrogen (secondary N) is 1. The average molecular weight is 677 g/mol. The van der Waals surface area contributed by atoms with Gasteiger partial charge in [0, 0.05) is 30.5 Å². The number of rotatable bonds is 11. The molecule has 1 fully saturated rings. The Morgan fingerprint density at radius 3 is 2.20 bits per heavy atom. The summed E-state index contributed by atoms with van der Waals surface area (Å²) >= 11 is 3.47. The van der Waals surface area contributed by atoms with E-state index >= 15 is 0 Å². The predicted octanol–water partition coefficient (Wildman–Crippen LogP) is 6.31. The van der Waals surface area contributed by atoms with Crippen molar-refractivity contribution in [3.8, 4) is 0 Å². The summed E-state index contributed by atoms with van der Waals surface area (Å²) in [6, 6.07) is 28.9. The fourth-order valence-electron chi connectivity index (χ4n) is 5.76. The summed E-state index contributed by atoms with van der Waals surface area (Å²) in [4.78, 5) is 29.8. The Bertz CT molecular complexity index is 1690. The minimum atomic E-state index is -3.99. The molecule has 1 aliphatic carbocycles. The van der Waals surface area contributed by atoms with Crippen molar-refractivity contribution in [2.24, 2.45) is 0 Å². The van der Waals surface area contributed by atoms with Crippen molar-refractivity contribution in [3.63, 3.8) is 0 Å². The molecule has 5 rings (SSSR count). The molecule has 1 atom stereocenters. The van der Waals surface area contributed by atoms with Crippen LogP contribution >= 0.6 is 15.9 Å². The van der Waals surface area contributed by atoms with Crippen LogP contribution in [-0.2, 0) is 32.6 Å². The lowest BCUT2D eigenvalue weighted by molar-refractivity contribution is -0.141. The largest absolute Gasteiger partial charge is 0.352 e. The molecule has 4 aromatic carbocycles. The smallest absolute Gasteiger partial charge is 0.243 e. The molecule has 0 spiro atoms. The van der Waals surface area contributed by atoms with E-state index in [1.807, 2.05) is 78.9 Å². The molecule has 0 aliphatic heterocycles. The van der Waals surface area contributed by atoms with Gasteiger partial charge >= 0.3 is 0 Å². The number of fused-ring (bicyclic) bond motifs is 1. The molecule has 44 heavy (non-hydrogen) atoms. The van der Waals surface area contributed by atoms with Crippen LogP contribution in [-0.4, -0.2) is 55.1 Å². The van der Waals surface area contributed by atoms with Gasteiger partial charge in [-0.05, 0) is 59.0 Å². The van der Waals surface area contributed by atoms with Crippen molar-refractivity contribution in [1.29, 1.82) is 0 Å². The van der Waals surface area contributed by atoms with E-state index in [1.54, 1.807) is 23.1 Å². The summed E-state index contributed by atoms with van der Waals surface area (Å²) in [7, 11) is -2.57. The molecule has 1 aliphatic rings. The quantitative estimate of drug-likeness (QED) is 0.202. The Morgan fingerprint density at radius 1 is 0.841 bits per heavy atom. The van der Waals surface area contributed by atoms with Gasteiger partial charge in [0.05, 0.1) is 11.4 Å². The lowest BCUT2D eigenvalue weighted by Gasteiger charge is -2.34. The number of hydrogen-bond donors (Lipinski definition) is 1. The monoisotopic (exact) mass is 675 g/mol. The maximum atomic E-state index is 14.2. The highest BCUT2D eigenvalue weighted by molar-refractivity contribution is 9.10. The van der Waals surface area contributed by atoms with Crippen LogP contribution in [0.15, 0.2) is 106 Å². The van der Waals surface area contributed by atoms with Crippen molar-refractivity contribution < 1.29 is 18.0 Å². The van der Waals surface area contributed by atoms with Crippen LogP contribution in [0.1, 0.15) is 43.2 Å². The normalized spacial score (nSPS) is 14.8. The van der Waals surface area contributed by atoms with E-state index in [-0.39, 0.29) is 23.4 Å². The van der Waals surface area contributed by atoms with Crippen molar-refractivity contribution in [3.05, 3.63) is 113 Å². The number of sulfonamides is 1. The molecule has 7 nitrogen and oxygen atoms in total. The molecule has 0 unspecified atom stereocenters. The third-order valence-electron chi connectivity index (χ3n) is 8.28. The minimum absolute atomic E-state index is 0.0649. The molecule has 0 heterocycles. The second-order valence-corrected chi connectivity index (χ2v) is 14.4. The number of benzene rings is 4. The first-order valence-electron chi connectivity index (χ1n) is 15.0. The van der Waals surface area contributed by atoms with E-state index in [2.05, 4.69) is 21.2 Å². The molecule has 9 heteroatoms. The Kier molecular flexibility index (Phi) is 10.5. The minimum Gasteiger partial charge on any atom is -0.352 e. The maximum absolute atomic E-state index is 14.2. The van der Waals surface area contributed by atoms with Gasteiger partial charge < -0.3 is 10.2 Å². The fourth-order valence-corrected chi connectivity index (χ4v) is 7.18. The Hall–Kier alpha value is -3.53. The van der Waals surface area contributed by atoms with Crippen molar-refractivity contribution >= 4 is 48.5 Å². The van der Waals surface area contributed by atoms with E-state index in [9.17, 15) is 18.0 Å². The molecule has 1 N–H and O–H groups in total. The second kappa shape index (κ2) is 14.5. The Balaban J connectivity index is 1.45. The SMILES string of the molecule is CN(CC(=O)N(Cc1ccc(Br)cc1)[C@@H](Cc1ccccc1)C(=O)NC1CCCCC1)S(=O)(=O)c1ccc2ccccc2c1. The molecule has 0 bridgehead atoms. The number of hydrogen-bond acceptors (Lipinski definition) is 4. The third-order valence-corrected chi connectivity index (χ3v) is 10.6. The standard InChI is InChI=1S/C35H38BrN3O4S/c1-38(44(42,43)32-21-18-28-12-8-9-13-29(28)23-32)25-34(40)39(24-27-16-19-30(36)20-17-27)33(22-26-10-4-2-5-11-26)35(41)37-31-14-6-3-7-15-31/h2,4-5,8-13,16-21,23,31,33H,3,6-7,14-15,22,24-25H2,1H3,(H,37,41)/t33-/m0/s1. The maximum Gasteiger partial charge on any atom is 0.243 e. The third kappa shape index (κ3) is 7.94. The van der Waals surface area contributed by atoms with Crippen LogP contribution in [0.3, 0.4) is 0 Å². The predicted molar refractivity (Wildman–Crippen MR) is 177 cm³/mol. The molecular weight excluding hydrogens is 638 g/mol. The highest BCUT2D eigenvalue weighted by atomic mass is 79.9. The summed E-state index contributed by atoms with van der Waals surface area (Å²) in [5.74, 6) is -0.661. The number of nitrogens with zero attached hydrogens (tertiary/aromatic N) is 2. The molecule has 0 saturated heterocycles. The van der Waals surface area contributed by atoms with E-state index in [1.165, 1.54) is 7.05 Å². The van der Waals surface area contributed by atoms with Gasteiger partial charge in [0.25, 0.3) is 0 Å². The molecule has 0 aromatic heterocycles. The second-order valence-electron chi connectivity index (χ2n) is 11.5. The van der Waals surface area contributed by atoms with Crippen LogP contribution in [0.25, 0.3) is 10.8 Å². The summed E-state index contributed by atoms with van der Waals surface area (Å²) in [6.45, 7) is -0.251. The van der Waals surface area contributed by atoms with Crippen LogP contribution in [0.2, 0.25) is 0 Å². The van der Waals surface area contributed by atoms with Gasteiger partial charge in [0.2, 0.25) is 21.8 Å². The molecular formula is C35H38BrN3O4S. The lowest BCUT2D eigenvalue weighted by Crippen LogP contribution is -2.54. The molecule has 4 aromatic rings. The van der Waals surface area contributed by atoms with Gasteiger partial charge in [-0.2, -0.15) is 4.31 Å². The number of amides is 2. The topological polar surface area (TPSA) is 86.8 Å². The summed E-state index contributed by atoms with van der Waals surface area (Å²) in [6.07, 6.45) is 5.42. The number of carbonyl (C=O) groups is 2. The summed E-state index contributed by atoms with van der Waals surface area (Å²) < 4.78 is 29.3. The van der Waals surface area contributed by atoms with E-state index in [0.717, 1.165) is 62.8 Å². The van der Waals surface area contributed by atoms with Gasteiger partial charge in [0.1, 0.15) is 6.04 Å². The van der Waals surface area contributed by atoms with E-state index < -0.39 is 28.5 Å². The Morgan fingerprint density at radius 2 is 1.50 bits per heavy atom. The summed E-state index contributed by atoms with van der Waals surface area (Å²) in [5, 5.41) is 4.95. The van der Waals surface area contributed by atoms with Gasteiger partial charge in [0.15, 0.2) is 0 Å². The van der Waals surface area contributed by atoms with Crippen LogP contribution in [0.4, 0.5) is 0 Å². The first kappa shape index (κ1) is 31.9. The van der Waals surface area contributed by atoms with Crippen LogP contribution in [0, 0.1) is 0 Å². The van der Waals surface area contributed by atoms with Gasteiger partial charge in [-0.1, -0.05) is 108 Å². The average Bonchev–Trinajstić information content (AvgIpc) is 3.04. The zero-order valence-corrected chi connectivity index (χ0v) is 27.3. The van der Waals surface area contributed by atoms with E-state index in [4.69, 9.17) is 0 Å². The van der Waals surface area contributed by atoms with Gasteiger partial charge in [-0.3, -0.25) is 9.59 Å². The molecule has 230 valence electrons. The van der Waals surface area contributed by atoms with Gasteiger partial charge in [-0.25, -0.2) is 8.42 Å². The Labute approximate surface area is 268 Å². The number of halogens is 1. The lowest BCUT2D eigenvalue weighted by atomic mass is 9.94. The molecule has 2 amide bonds. The zero-order valence-electron chi connectivity index (χ0n) is 24.9. The van der Waals surface area contributed by atoms with Gasteiger partial charge in [-0.15, -0.1) is 0 Å². The van der Waals surface area contributed by atoms with Crippen molar-refractivity contribution in [2.45, 2.75) is 62.0 Å². The van der Waals surface area contributed by atoms with E-state index in [0.29, 0.717) is 6.42 Å². The number of likely N-dealkylation sites (N-methyl/N-ethyl adjacent to an activating group) is 1. The summed E-state index contributed by atoms with van der Waals surface area (Å²) in [5.41, 5.74) is 1.76. The van der Waals surface area contributed by atoms with Crippen molar-refractivity contribution in [2.75, 3.05) is 13.6 Å². The first-order chi connectivity index (χ1) is 21.2. The first-order valence-corrected chi connectivity index (χ1v) is 17.3. The number of carbonyl (C=O) groups excluding carboxylic acids is 2.